The molecule has 2 amide bonds. The van der Waals surface area contributed by atoms with E-state index < -0.39 is 23.7 Å². The fourth-order valence-corrected chi connectivity index (χ4v) is 11.0. The molecule has 4 aromatic carbocycles. The first-order chi connectivity index (χ1) is 32.5. The van der Waals surface area contributed by atoms with Gasteiger partial charge in [0, 0.05) is 105 Å². The van der Waals surface area contributed by atoms with Crippen molar-refractivity contribution in [1.29, 1.82) is 0 Å². The van der Waals surface area contributed by atoms with E-state index in [-0.39, 0.29) is 18.9 Å². The summed E-state index contributed by atoms with van der Waals surface area (Å²) >= 11 is 3.38. The van der Waals surface area contributed by atoms with Gasteiger partial charge >= 0.3 is 6.18 Å². The van der Waals surface area contributed by atoms with Crippen molar-refractivity contribution in [3.8, 4) is 0 Å². The van der Waals surface area contributed by atoms with Gasteiger partial charge in [0.15, 0.2) is 0 Å². The topological polar surface area (TPSA) is 147 Å². The number of carbonyl (C=O) groups is 2. The van der Waals surface area contributed by atoms with Crippen LogP contribution in [0.15, 0.2) is 111 Å². The van der Waals surface area contributed by atoms with Gasteiger partial charge in [-0.15, -0.1) is 0 Å². The maximum atomic E-state index is 13.4. The predicted octanol–water partition coefficient (Wildman–Crippen LogP) is 5.94. The number of benzene rings is 4. The Balaban J connectivity index is 0.000000206. The third-order valence-corrected chi connectivity index (χ3v) is 14.7. The number of primary amides is 1. The fraction of sp³-hybridized carbons (Fsp3) is 0.469. The summed E-state index contributed by atoms with van der Waals surface area (Å²) in [6.45, 7) is 14.9. The number of piperazine rings is 2. The normalized spacial score (nSPS) is 17.1. The number of para-hydroxylation sites is 3. The molecule has 4 heterocycles. The molecular weight excluding hydrogens is 900 g/mol. The Bertz CT molecular complexity index is 2180. The molecule has 0 bridgehead atoms. The average molecular weight is 964 g/mol. The molecule has 6 N–H and O–H groups in total. The van der Waals surface area contributed by atoms with Crippen molar-refractivity contribution in [3.05, 3.63) is 96.6 Å². The number of hydrogen-bond acceptors (Lipinski definition) is 13. The molecule has 2 saturated heterocycles. The summed E-state index contributed by atoms with van der Waals surface area (Å²) in [5, 5.41) is 11.5. The van der Waals surface area contributed by atoms with E-state index in [1.54, 1.807) is 6.07 Å². The second kappa shape index (κ2) is 24.8. The fourth-order valence-electron chi connectivity index (χ4n) is 8.78. The molecular formula is C49H64F3N9O4S2. The Kier molecular flexibility index (Phi) is 18.7. The standard InChI is InChI=1S/C26H33F3N6O2S.C23H31N3O2S/c27-26(28,29)18-6-7-23-21(16-18)35(20-4-1-2-5-22(20)38-23)10-3-9-33-12-14-34(15-13-33)11-8-32-25(37)19(30)17-24(31)36;27-17-19-28-18-16-25-14-12-24(13-15-25)10-5-11-26-20-6-1-3-8-22(20)29-23-9-4-2-7-21(23)26/h1-2,4-7,16,19H,3,8-15,17,30H2,(H2,31,36)(H,32,37);1-4,6-9,27H,5,10-19H2/t19-;/m0./s1. The van der Waals surface area contributed by atoms with Crippen LogP contribution in [0.2, 0.25) is 0 Å². The highest BCUT2D eigenvalue weighted by Gasteiger charge is 2.33. The highest BCUT2D eigenvalue weighted by Crippen LogP contribution is 2.50. The number of amides is 2. The van der Waals surface area contributed by atoms with Gasteiger partial charge in [-0.1, -0.05) is 59.9 Å². The van der Waals surface area contributed by atoms with E-state index in [4.69, 9.17) is 21.3 Å². The first kappa shape index (κ1) is 50.5. The quantitative estimate of drug-likeness (QED) is 0.0824. The van der Waals surface area contributed by atoms with Crippen molar-refractivity contribution in [2.75, 3.05) is 128 Å². The molecule has 67 heavy (non-hydrogen) atoms. The Labute approximate surface area is 400 Å². The molecule has 4 aliphatic rings. The SMILES string of the molecule is NC(=O)C[C@H](N)C(=O)NCCN1CCN(CCCN2c3ccccc3Sc3ccc(C(F)(F)F)cc32)CC1.OCCOCCN1CCN(CCCN2c3ccccc3Sc3ccccc32)CC1. The van der Waals surface area contributed by atoms with Crippen LogP contribution in [0.3, 0.4) is 0 Å². The number of nitrogens with two attached hydrogens (primary N) is 2. The van der Waals surface area contributed by atoms with Crippen LogP contribution in [0.1, 0.15) is 24.8 Å². The van der Waals surface area contributed by atoms with Gasteiger partial charge < -0.3 is 46.2 Å². The minimum atomic E-state index is -4.39. The van der Waals surface area contributed by atoms with E-state index in [2.05, 4.69) is 78.3 Å². The molecule has 18 heteroatoms. The van der Waals surface area contributed by atoms with Crippen LogP contribution in [0, 0.1) is 0 Å². The lowest BCUT2D eigenvalue weighted by atomic mass is 10.1. The van der Waals surface area contributed by atoms with Gasteiger partial charge in [-0.2, -0.15) is 13.2 Å². The zero-order chi connectivity index (χ0) is 47.2. The number of nitrogens with one attached hydrogen (secondary N) is 1. The number of nitrogens with zero attached hydrogens (tertiary/aromatic N) is 6. The molecule has 0 saturated carbocycles. The molecule has 4 aromatic rings. The van der Waals surface area contributed by atoms with Crippen LogP contribution in [0.25, 0.3) is 0 Å². The van der Waals surface area contributed by atoms with Crippen LogP contribution in [0.5, 0.6) is 0 Å². The van der Waals surface area contributed by atoms with E-state index in [0.29, 0.717) is 38.5 Å². The van der Waals surface area contributed by atoms with Crippen molar-refractivity contribution in [3.63, 3.8) is 0 Å². The second-order valence-corrected chi connectivity index (χ2v) is 19.2. The summed E-state index contributed by atoms with van der Waals surface area (Å²) in [5.41, 5.74) is 14.3. The number of aliphatic hydroxyl groups excluding tert-OH is 1. The van der Waals surface area contributed by atoms with E-state index in [0.717, 1.165) is 113 Å². The van der Waals surface area contributed by atoms with Crippen molar-refractivity contribution in [1.82, 2.24) is 24.9 Å². The molecule has 0 spiro atoms. The van der Waals surface area contributed by atoms with Gasteiger partial charge in [-0.05, 0) is 80.5 Å². The van der Waals surface area contributed by atoms with Gasteiger partial charge in [0.1, 0.15) is 0 Å². The number of alkyl halides is 3. The molecule has 0 aromatic heterocycles. The zero-order valence-electron chi connectivity index (χ0n) is 38.0. The second-order valence-electron chi connectivity index (χ2n) is 17.1. The minimum absolute atomic E-state index is 0.110. The van der Waals surface area contributed by atoms with Gasteiger partial charge in [0.05, 0.1) is 60.6 Å². The summed E-state index contributed by atoms with van der Waals surface area (Å²) in [7, 11) is 0. The van der Waals surface area contributed by atoms with E-state index in [9.17, 15) is 22.8 Å². The largest absolute Gasteiger partial charge is 0.416 e. The first-order valence-corrected chi connectivity index (χ1v) is 24.9. The predicted molar refractivity (Wildman–Crippen MR) is 261 cm³/mol. The summed E-state index contributed by atoms with van der Waals surface area (Å²) in [6, 6.07) is 28.4. The Morgan fingerprint density at radius 2 is 1.07 bits per heavy atom. The lowest BCUT2D eigenvalue weighted by molar-refractivity contribution is -0.137. The highest BCUT2D eigenvalue weighted by molar-refractivity contribution is 8.00. The van der Waals surface area contributed by atoms with Crippen molar-refractivity contribution >= 4 is 58.1 Å². The molecule has 13 nitrogen and oxygen atoms in total. The van der Waals surface area contributed by atoms with Crippen LogP contribution in [-0.2, 0) is 20.5 Å². The molecule has 8 rings (SSSR count). The molecule has 0 radical (unpaired) electrons. The number of carbonyl (C=O) groups excluding carboxylic acids is 2. The van der Waals surface area contributed by atoms with E-state index in [1.807, 2.05) is 40.9 Å². The summed E-state index contributed by atoms with van der Waals surface area (Å²) in [5.74, 6) is -0.994. The Morgan fingerprint density at radius 3 is 1.55 bits per heavy atom. The number of rotatable bonds is 19. The minimum Gasteiger partial charge on any atom is -0.394 e. The number of ether oxygens (including phenoxy) is 1. The third kappa shape index (κ3) is 14.3. The molecule has 2 fully saturated rings. The van der Waals surface area contributed by atoms with Gasteiger partial charge in [0.25, 0.3) is 0 Å². The highest BCUT2D eigenvalue weighted by atomic mass is 32.2. The number of halogens is 3. The summed E-state index contributed by atoms with van der Waals surface area (Å²) < 4.78 is 45.7. The number of anilines is 4. The third-order valence-electron chi connectivity index (χ3n) is 12.4. The van der Waals surface area contributed by atoms with Crippen LogP contribution < -0.4 is 26.6 Å². The summed E-state index contributed by atoms with van der Waals surface area (Å²) in [4.78, 5) is 41.5. The summed E-state index contributed by atoms with van der Waals surface area (Å²) in [6.07, 6.45) is -2.60. The Hall–Kier alpha value is -4.37. The van der Waals surface area contributed by atoms with E-state index in [1.165, 1.54) is 39.0 Å². The van der Waals surface area contributed by atoms with Gasteiger partial charge in [-0.25, -0.2) is 0 Å². The number of aliphatic hydroxyl groups is 1. The van der Waals surface area contributed by atoms with Gasteiger partial charge in [0.2, 0.25) is 11.8 Å². The molecule has 362 valence electrons. The first-order valence-electron chi connectivity index (χ1n) is 23.3. The van der Waals surface area contributed by atoms with Crippen molar-refractivity contribution in [2.24, 2.45) is 11.5 Å². The van der Waals surface area contributed by atoms with Crippen molar-refractivity contribution < 1.29 is 32.6 Å². The van der Waals surface area contributed by atoms with E-state index >= 15 is 0 Å². The van der Waals surface area contributed by atoms with Gasteiger partial charge in [-0.3, -0.25) is 19.4 Å². The molecule has 0 unspecified atom stereocenters. The molecule has 1 atom stereocenters. The maximum absolute atomic E-state index is 13.4. The molecule has 0 aliphatic carbocycles. The average Bonchev–Trinajstić information content (AvgIpc) is 3.33. The van der Waals surface area contributed by atoms with Crippen LogP contribution in [0.4, 0.5) is 35.9 Å². The maximum Gasteiger partial charge on any atom is 0.416 e. The number of fused-ring (bicyclic) bond motifs is 4. The van der Waals surface area contributed by atoms with Crippen LogP contribution in [-0.4, -0.2) is 161 Å². The lowest BCUT2D eigenvalue weighted by Crippen LogP contribution is -2.50. The Morgan fingerprint density at radius 1 is 0.627 bits per heavy atom. The monoisotopic (exact) mass is 963 g/mol. The molecule has 4 aliphatic heterocycles. The van der Waals surface area contributed by atoms with Crippen molar-refractivity contribution in [2.45, 2.75) is 51.1 Å². The smallest absolute Gasteiger partial charge is 0.394 e. The lowest BCUT2D eigenvalue weighted by Gasteiger charge is -2.36. The zero-order valence-corrected chi connectivity index (χ0v) is 39.7. The van der Waals surface area contributed by atoms with Crippen LogP contribution >= 0.6 is 23.5 Å². The number of hydrogen-bond donors (Lipinski definition) is 4.